The SMILES string of the molecule is CC([CH-][C@@H](C)CO)C(C)[N+](=O)[O-].C[C@@H]1I(NCN)C=[C-]C2CC21C.[U+3]. The minimum atomic E-state index is -1.09. The molecule has 0 aromatic carbocycles. The molecule has 1 aliphatic heterocycles. The third-order valence-corrected chi connectivity index (χ3v) is 11.0. The second kappa shape index (κ2) is 11.6. The van der Waals surface area contributed by atoms with Crippen molar-refractivity contribution in [3.8, 4) is 0 Å². The Balaban J connectivity index is 0.000000443. The number of aliphatic hydroxyl groups is 1. The average Bonchev–Trinajstić information content (AvgIpc) is 3.22. The van der Waals surface area contributed by atoms with E-state index in [1.807, 2.05) is 13.3 Å². The quantitative estimate of drug-likeness (QED) is 0.0726. The first-order valence-electron chi connectivity index (χ1n) is 8.46. The molecule has 1 saturated carbocycles. The average molecular weight is 691 g/mol. The molecule has 8 heteroatoms. The van der Waals surface area contributed by atoms with Gasteiger partial charge in [0.05, 0.1) is 0 Å². The molecule has 4 N–H and O–H groups in total. The first kappa shape index (κ1) is 25.8. The predicted octanol–water partition coefficient (Wildman–Crippen LogP) is 2.78. The molecule has 1 radical (unpaired) electrons. The van der Waals surface area contributed by atoms with E-state index in [1.165, 1.54) is 6.42 Å². The molecule has 1 fully saturated rings. The standard InChI is InChI=1S/C9H16IN2.C8H16NO3.U/c1-7-9(2)5-8(9)3-4-10(7)12-6-11;1-6(5-10)4-7(2)8(3)9(11)12;/h4,7-8,12H,5-6,11H2,1-2H3;4,6-8,10H,5H2,1-3H3;/q2*-1;+3/t7-,8?,9?;6-,7?,8?;/m01./s1. The van der Waals surface area contributed by atoms with Gasteiger partial charge in [-0.2, -0.15) is 0 Å². The predicted molar refractivity (Wildman–Crippen MR) is 106 cm³/mol. The molecule has 1 heterocycles. The Bertz CT molecular complexity index is 455. The number of alkyl halides is 1. The third-order valence-electron chi connectivity index (χ3n) is 5.17. The van der Waals surface area contributed by atoms with Crippen molar-refractivity contribution < 1.29 is 41.1 Å². The number of hydrogen-bond acceptors (Lipinski definition) is 5. The van der Waals surface area contributed by atoms with Gasteiger partial charge in [-0.1, -0.05) is 13.8 Å². The van der Waals surface area contributed by atoms with E-state index in [4.69, 9.17) is 10.8 Å². The molecule has 0 spiro atoms. The fraction of sp³-hybridized carbons (Fsp3) is 0.824. The van der Waals surface area contributed by atoms with Crippen molar-refractivity contribution >= 4 is 20.1 Å². The number of nitrogens with one attached hydrogen (secondary N) is 1. The minimum Gasteiger partial charge on any atom is 3.00 e. The Hall–Kier alpha value is 0.802. The zero-order chi connectivity index (χ0) is 18.5. The van der Waals surface area contributed by atoms with Gasteiger partial charge in [0.1, 0.15) is 0 Å². The van der Waals surface area contributed by atoms with Crippen LogP contribution in [0.25, 0.3) is 0 Å². The summed E-state index contributed by atoms with van der Waals surface area (Å²) in [7, 11) is 0. The van der Waals surface area contributed by atoms with Crippen LogP contribution in [0.5, 0.6) is 0 Å². The fourth-order valence-corrected chi connectivity index (χ4v) is 7.72. The summed E-state index contributed by atoms with van der Waals surface area (Å²) in [5.74, 6) is 0.699. The molecule has 6 atom stereocenters. The molecule has 143 valence electrons. The van der Waals surface area contributed by atoms with Gasteiger partial charge in [-0.15, -0.1) is 11.8 Å². The van der Waals surface area contributed by atoms with Crippen molar-refractivity contribution in [1.29, 1.82) is 0 Å². The molecule has 1 aliphatic carbocycles. The maximum atomic E-state index is 10.3. The van der Waals surface area contributed by atoms with Crippen LogP contribution in [0, 0.1) is 76.9 Å². The number of fused-ring (bicyclic) bond motifs is 1. The number of halogens is 1. The van der Waals surface area contributed by atoms with Gasteiger partial charge < -0.3 is 11.5 Å². The maximum Gasteiger partial charge on any atom is 3.00 e. The van der Waals surface area contributed by atoms with Gasteiger partial charge in [-0.25, -0.2) is 0 Å². The van der Waals surface area contributed by atoms with Gasteiger partial charge in [-0.3, -0.25) is 10.1 Å². The van der Waals surface area contributed by atoms with Gasteiger partial charge in [0.25, 0.3) is 0 Å². The molecule has 25 heavy (non-hydrogen) atoms. The second-order valence-electron chi connectivity index (χ2n) is 7.07. The summed E-state index contributed by atoms with van der Waals surface area (Å²) >= 11 is -1.09. The topological polar surface area (TPSA) is 101 Å². The molecule has 0 saturated heterocycles. The van der Waals surface area contributed by atoms with E-state index in [-0.39, 0.29) is 54.5 Å². The smallest absolute Gasteiger partial charge is 3.00 e. The normalized spacial score (nSPS) is 31.6. The Kier molecular flexibility index (Phi) is 12.0. The van der Waals surface area contributed by atoms with Gasteiger partial charge in [0.15, 0.2) is 6.04 Å². The minimum absolute atomic E-state index is 0. The fourth-order valence-electron chi connectivity index (χ4n) is 2.75. The van der Waals surface area contributed by atoms with Crippen LogP contribution in [0.15, 0.2) is 4.08 Å². The molecule has 0 amide bonds. The van der Waals surface area contributed by atoms with Gasteiger partial charge in [0.2, 0.25) is 0 Å². The van der Waals surface area contributed by atoms with Gasteiger partial charge >= 0.3 is 113 Å². The zero-order valence-electron chi connectivity index (χ0n) is 15.8. The van der Waals surface area contributed by atoms with Crippen LogP contribution in [0.4, 0.5) is 0 Å². The van der Waals surface area contributed by atoms with E-state index in [0.29, 0.717) is 12.1 Å². The number of nitrogens with two attached hydrogens (primary N) is 1. The second-order valence-corrected chi connectivity index (χ2v) is 12.3. The molecule has 6 nitrogen and oxygen atoms in total. The van der Waals surface area contributed by atoms with Crippen molar-refractivity contribution in [1.82, 2.24) is 3.53 Å². The van der Waals surface area contributed by atoms with Crippen LogP contribution in [-0.2, 0) is 0 Å². The molecule has 0 bridgehead atoms. The number of nitrogens with zero attached hydrogens (tertiary/aromatic N) is 1. The first-order valence-corrected chi connectivity index (χ1v) is 12.0. The van der Waals surface area contributed by atoms with E-state index in [1.54, 1.807) is 13.8 Å². The molecule has 4 unspecified atom stereocenters. The number of aliphatic hydroxyl groups excluding tert-OH is 1. The van der Waals surface area contributed by atoms with Gasteiger partial charge in [0, 0.05) is 18.5 Å². The van der Waals surface area contributed by atoms with Crippen molar-refractivity contribution in [2.24, 2.45) is 28.9 Å². The molecular weight excluding hydrogens is 659 g/mol. The van der Waals surface area contributed by atoms with Crippen molar-refractivity contribution in [3.63, 3.8) is 0 Å². The van der Waals surface area contributed by atoms with Gasteiger partial charge in [-0.05, 0) is 0 Å². The van der Waals surface area contributed by atoms with Crippen LogP contribution in [0.2, 0.25) is 0 Å². The van der Waals surface area contributed by atoms with E-state index in [9.17, 15) is 10.1 Å². The van der Waals surface area contributed by atoms with Crippen LogP contribution in [-0.4, -0.2) is 33.3 Å². The van der Waals surface area contributed by atoms with Crippen molar-refractivity contribution in [2.45, 2.75) is 51.0 Å². The summed E-state index contributed by atoms with van der Waals surface area (Å²) in [6.07, 6.45) is 6.65. The summed E-state index contributed by atoms with van der Waals surface area (Å²) in [5, 5.41) is 19.0. The molecule has 2 rings (SSSR count). The Morgan fingerprint density at radius 1 is 1.56 bits per heavy atom. The first-order chi connectivity index (χ1) is 11.2. The summed E-state index contributed by atoms with van der Waals surface area (Å²) < 4.78 is 6.61. The molecule has 2 aliphatic rings. The summed E-state index contributed by atoms with van der Waals surface area (Å²) in [6.45, 7) is 10.7. The van der Waals surface area contributed by atoms with Crippen LogP contribution < -0.4 is 9.26 Å². The van der Waals surface area contributed by atoms with E-state index in [0.717, 1.165) is 9.84 Å². The number of nitro groups is 1. The number of rotatable bonds is 7. The molecule has 0 aromatic heterocycles. The van der Waals surface area contributed by atoms with Crippen molar-refractivity contribution in [2.75, 3.05) is 13.3 Å². The van der Waals surface area contributed by atoms with E-state index >= 15 is 0 Å². The summed E-state index contributed by atoms with van der Waals surface area (Å²) in [5.41, 5.74) is 6.09. The number of allylic oxidation sites excluding steroid dienone is 1. The van der Waals surface area contributed by atoms with Crippen LogP contribution in [0.1, 0.15) is 41.0 Å². The maximum absolute atomic E-state index is 10.3. The molecule has 0 aromatic rings. The largest absolute Gasteiger partial charge is 3.00 e. The zero-order valence-corrected chi connectivity index (χ0v) is 22.2. The van der Waals surface area contributed by atoms with Crippen LogP contribution in [0.3, 0.4) is 0 Å². The molecular formula is C17H32IN3O3U+. The monoisotopic (exact) mass is 691 g/mol. The number of hydrogen-bond donors (Lipinski definition) is 3. The third kappa shape index (κ3) is 7.38. The van der Waals surface area contributed by atoms with Crippen LogP contribution >= 0.6 is 20.1 Å². The van der Waals surface area contributed by atoms with E-state index in [2.05, 4.69) is 27.5 Å². The summed E-state index contributed by atoms with van der Waals surface area (Å²) in [4.78, 5) is 10.0. The summed E-state index contributed by atoms with van der Waals surface area (Å²) in [6, 6.07) is -0.570. The van der Waals surface area contributed by atoms with E-state index < -0.39 is 26.1 Å². The van der Waals surface area contributed by atoms with Crippen molar-refractivity contribution in [3.05, 3.63) is 26.7 Å². The Morgan fingerprint density at radius 3 is 2.64 bits per heavy atom. The Morgan fingerprint density at radius 2 is 2.16 bits per heavy atom. The Labute approximate surface area is 183 Å².